The van der Waals surface area contributed by atoms with Gasteiger partial charge in [0.15, 0.2) is 0 Å². The first-order valence-electron chi connectivity index (χ1n) is 6.82. The predicted molar refractivity (Wildman–Crippen MR) is 59.8 cm³/mol. The summed E-state index contributed by atoms with van der Waals surface area (Å²) in [5.41, 5.74) is -4.61. The Hall–Kier alpha value is -0.460. The molecule has 0 radical (unpaired) electrons. The zero-order valence-electron chi connectivity index (χ0n) is 11.1. The van der Waals surface area contributed by atoms with Gasteiger partial charge in [0.1, 0.15) is 0 Å². The molecule has 7 heteroatoms. The fraction of sp³-hybridized carbons (Fsp3) is 1.00. The second-order valence-corrected chi connectivity index (χ2v) is 6.33. The normalized spacial score (nSPS) is 32.7. The summed E-state index contributed by atoms with van der Waals surface area (Å²) in [6, 6.07) is 0. The van der Waals surface area contributed by atoms with E-state index in [1.165, 1.54) is 0 Å². The maximum Gasteiger partial charge on any atom is 0.426 e. The molecule has 2 rings (SSSR count). The summed E-state index contributed by atoms with van der Waals surface area (Å²) < 4.78 is 76.5. The lowest BCUT2D eigenvalue weighted by Crippen LogP contribution is -2.61. The molecule has 2 bridgehead atoms. The van der Waals surface area contributed by atoms with Crippen LogP contribution in [0.25, 0.3) is 0 Å². The van der Waals surface area contributed by atoms with Gasteiger partial charge in [-0.25, -0.2) is 0 Å². The second-order valence-electron chi connectivity index (χ2n) is 6.33. The van der Waals surface area contributed by atoms with E-state index in [9.17, 15) is 31.4 Å². The number of halogens is 6. The summed E-state index contributed by atoms with van der Waals surface area (Å²) in [5.74, 6) is -1.33. The van der Waals surface area contributed by atoms with Crippen molar-refractivity contribution in [1.82, 2.24) is 0 Å². The molecule has 2 aliphatic rings. The van der Waals surface area contributed by atoms with Gasteiger partial charge >= 0.3 is 12.4 Å². The minimum atomic E-state index is -5.71. The van der Waals surface area contributed by atoms with E-state index in [1.807, 2.05) is 0 Å². The fourth-order valence-corrected chi connectivity index (χ4v) is 4.01. The van der Waals surface area contributed by atoms with Gasteiger partial charge in [-0.05, 0) is 43.4 Å². The van der Waals surface area contributed by atoms with Gasteiger partial charge in [0.2, 0.25) is 0 Å². The molecule has 0 aromatic carbocycles. The van der Waals surface area contributed by atoms with Gasteiger partial charge in [0.25, 0.3) is 5.60 Å². The Morgan fingerprint density at radius 3 is 1.90 bits per heavy atom. The van der Waals surface area contributed by atoms with Gasteiger partial charge in [0.05, 0.1) is 0 Å². The van der Waals surface area contributed by atoms with Crippen LogP contribution in [-0.2, 0) is 0 Å². The van der Waals surface area contributed by atoms with Gasteiger partial charge < -0.3 is 5.11 Å². The van der Waals surface area contributed by atoms with Gasteiger partial charge in [-0.3, -0.25) is 0 Å². The fourth-order valence-electron chi connectivity index (χ4n) is 4.01. The van der Waals surface area contributed by atoms with Crippen molar-refractivity contribution in [3.05, 3.63) is 0 Å². The Bertz CT molecular complexity index is 347. The number of rotatable bonds is 3. The van der Waals surface area contributed by atoms with Crippen molar-refractivity contribution in [1.29, 1.82) is 0 Å². The minimum absolute atomic E-state index is 0.125. The molecular weight excluding hydrogens is 286 g/mol. The molecule has 3 unspecified atom stereocenters. The largest absolute Gasteiger partial charge is 0.426 e. The Labute approximate surface area is 113 Å². The number of alkyl halides is 6. The van der Waals surface area contributed by atoms with E-state index in [0.717, 1.165) is 26.2 Å². The van der Waals surface area contributed by atoms with E-state index in [-0.39, 0.29) is 18.3 Å². The Balaban J connectivity index is 2.14. The first-order valence-corrected chi connectivity index (χ1v) is 6.82. The number of fused-ring (bicyclic) bond motifs is 2. The second kappa shape index (κ2) is 4.78. The average molecular weight is 304 g/mol. The lowest BCUT2D eigenvalue weighted by Gasteiger charge is -2.39. The molecule has 118 valence electrons. The molecule has 0 spiro atoms. The first-order chi connectivity index (χ1) is 8.97. The molecule has 20 heavy (non-hydrogen) atoms. The third kappa shape index (κ3) is 2.42. The van der Waals surface area contributed by atoms with E-state index < -0.39 is 23.9 Å². The molecule has 2 aliphatic carbocycles. The molecule has 2 fully saturated rings. The highest BCUT2D eigenvalue weighted by Crippen LogP contribution is 2.54. The van der Waals surface area contributed by atoms with Crippen LogP contribution in [0.2, 0.25) is 0 Å². The van der Waals surface area contributed by atoms with Crippen molar-refractivity contribution in [2.45, 2.75) is 57.0 Å². The molecule has 0 amide bonds. The zero-order chi connectivity index (χ0) is 15.3. The Morgan fingerprint density at radius 2 is 1.55 bits per heavy atom. The monoisotopic (exact) mass is 304 g/mol. The van der Waals surface area contributed by atoms with Crippen LogP contribution in [0.3, 0.4) is 0 Å². The van der Waals surface area contributed by atoms with E-state index in [4.69, 9.17) is 0 Å². The van der Waals surface area contributed by atoms with E-state index in [0.29, 0.717) is 12.3 Å². The van der Waals surface area contributed by atoms with E-state index in [2.05, 4.69) is 0 Å². The molecule has 2 saturated carbocycles. The van der Waals surface area contributed by atoms with Crippen LogP contribution in [0, 0.1) is 23.7 Å². The van der Waals surface area contributed by atoms with E-state index in [1.54, 1.807) is 0 Å². The van der Waals surface area contributed by atoms with Crippen LogP contribution in [0.4, 0.5) is 26.3 Å². The molecule has 1 nitrogen and oxygen atoms in total. The average Bonchev–Trinajstić information content (AvgIpc) is 2.86. The maximum atomic E-state index is 12.7. The quantitative estimate of drug-likeness (QED) is 0.771. The Morgan fingerprint density at radius 1 is 1.00 bits per heavy atom. The van der Waals surface area contributed by atoms with Gasteiger partial charge in [-0.15, -0.1) is 0 Å². The molecule has 0 heterocycles. The summed E-state index contributed by atoms with van der Waals surface area (Å²) >= 11 is 0. The third-order valence-electron chi connectivity index (χ3n) is 5.12. The smallest absolute Gasteiger partial charge is 0.373 e. The van der Waals surface area contributed by atoms with Crippen molar-refractivity contribution >= 4 is 0 Å². The molecule has 0 aromatic rings. The number of aliphatic hydroxyl groups is 1. The Kier molecular flexibility index (Phi) is 3.81. The SMILES string of the molecule is C[C@@H](CC1CC2CCC1C2)C(O)(C(F)(F)F)C(F)(F)F. The van der Waals surface area contributed by atoms with Gasteiger partial charge in [-0.2, -0.15) is 26.3 Å². The lowest BCUT2D eigenvalue weighted by atomic mass is 9.76. The van der Waals surface area contributed by atoms with Crippen molar-refractivity contribution < 1.29 is 31.4 Å². The van der Waals surface area contributed by atoms with E-state index >= 15 is 0 Å². The zero-order valence-corrected chi connectivity index (χ0v) is 11.1. The first kappa shape index (κ1) is 15.9. The summed E-state index contributed by atoms with van der Waals surface area (Å²) in [4.78, 5) is 0. The van der Waals surface area contributed by atoms with Crippen LogP contribution in [-0.4, -0.2) is 23.1 Å². The molecule has 0 saturated heterocycles. The maximum absolute atomic E-state index is 12.7. The van der Waals surface area contributed by atoms with Crippen LogP contribution >= 0.6 is 0 Å². The van der Waals surface area contributed by atoms with Crippen LogP contribution < -0.4 is 0 Å². The van der Waals surface area contributed by atoms with Crippen molar-refractivity contribution in [2.24, 2.45) is 23.7 Å². The highest BCUT2D eigenvalue weighted by molar-refractivity contribution is 5.00. The summed E-state index contributed by atoms with van der Waals surface area (Å²) in [6.45, 7) is 0.854. The van der Waals surface area contributed by atoms with Gasteiger partial charge in [0, 0.05) is 5.92 Å². The molecular formula is C13H18F6O. The van der Waals surface area contributed by atoms with Crippen LogP contribution in [0.5, 0.6) is 0 Å². The summed E-state index contributed by atoms with van der Waals surface area (Å²) in [6.07, 6.45) is -8.12. The third-order valence-corrected chi connectivity index (χ3v) is 5.12. The minimum Gasteiger partial charge on any atom is -0.373 e. The van der Waals surface area contributed by atoms with Crippen LogP contribution in [0.1, 0.15) is 39.0 Å². The summed E-state index contributed by atoms with van der Waals surface area (Å²) in [7, 11) is 0. The van der Waals surface area contributed by atoms with Crippen molar-refractivity contribution in [3.8, 4) is 0 Å². The standard InChI is InChI=1S/C13H18F6O/c1-7(4-10-6-8-2-3-9(10)5-8)11(20,12(14,15)16)13(17,18)19/h7-10,20H,2-6H2,1H3/t7-,8?,9?,10?/m0/s1. The molecule has 0 aromatic heterocycles. The van der Waals surface area contributed by atoms with Crippen molar-refractivity contribution in [2.75, 3.05) is 0 Å². The number of hydrogen-bond donors (Lipinski definition) is 1. The lowest BCUT2D eigenvalue weighted by molar-refractivity contribution is -0.384. The highest BCUT2D eigenvalue weighted by Gasteiger charge is 2.72. The predicted octanol–water partition coefficient (Wildman–Crippen LogP) is 4.30. The molecule has 0 aliphatic heterocycles. The number of hydrogen-bond acceptors (Lipinski definition) is 1. The summed E-state index contributed by atoms with van der Waals surface area (Å²) in [5, 5.41) is 9.33. The molecule has 1 N–H and O–H groups in total. The van der Waals surface area contributed by atoms with Crippen LogP contribution in [0.15, 0.2) is 0 Å². The molecule has 4 atom stereocenters. The highest BCUT2D eigenvalue weighted by atomic mass is 19.4. The van der Waals surface area contributed by atoms with Crippen molar-refractivity contribution in [3.63, 3.8) is 0 Å². The van der Waals surface area contributed by atoms with Gasteiger partial charge in [-0.1, -0.05) is 13.3 Å². The topological polar surface area (TPSA) is 20.2 Å².